The molecule has 7 heteroatoms. The molecule has 0 unspecified atom stereocenters. The second kappa shape index (κ2) is 10.8. The number of nitrogens with zero attached hydrogens (tertiary/aromatic N) is 1. The van der Waals surface area contributed by atoms with Crippen molar-refractivity contribution in [3.63, 3.8) is 0 Å². The molecule has 0 amide bonds. The Morgan fingerprint density at radius 3 is 2.40 bits per heavy atom. The zero-order valence-corrected chi connectivity index (χ0v) is 16.6. The third-order valence-electron chi connectivity index (χ3n) is 3.17. The van der Waals surface area contributed by atoms with Crippen LogP contribution in [0.3, 0.4) is 0 Å². The Bertz CT molecular complexity index is 693. The number of hydrogen-bond acceptors (Lipinski definition) is 3. The van der Waals surface area contributed by atoms with Crippen LogP contribution >= 0.6 is 24.0 Å². The van der Waals surface area contributed by atoms with Crippen LogP contribution in [-0.2, 0) is 6.54 Å². The van der Waals surface area contributed by atoms with Crippen molar-refractivity contribution in [2.75, 3.05) is 18.5 Å². The summed E-state index contributed by atoms with van der Waals surface area (Å²) in [6, 6.07) is 11.6. The fourth-order valence-corrected chi connectivity index (χ4v) is 2.09. The molecule has 2 aromatic rings. The first-order valence-electron chi connectivity index (χ1n) is 7.83. The lowest BCUT2D eigenvalue weighted by molar-refractivity contribution is 0.332. The van der Waals surface area contributed by atoms with Crippen LogP contribution in [0.15, 0.2) is 47.5 Å². The molecule has 3 N–H and O–H groups in total. The average molecular weight is 459 g/mol. The van der Waals surface area contributed by atoms with Crippen LogP contribution in [0.2, 0.25) is 0 Å². The van der Waals surface area contributed by atoms with E-state index >= 15 is 0 Å². The van der Waals surface area contributed by atoms with Gasteiger partial charge in [-0.15, -0.1) is 24.0 Å². The number of ether oxygens (including phenoxy) is 2. The zero-order valence-electron chi connectivity index (χ0n) is 14.3. The molecule has 0 aliphatic heterocycles. The molecule has 0 aromatic heterocycles. The Balaban J connectivity index is 0.00000312. The molecule has 0 fully saturated rings. The molecule has 2 aromatic carbocycles. The maximum atomic E-state index is 12.9. The maximum Gasteiger partial charge on any atom is 0.193 e. The van der Waals surface area contributed by atoms with Crippen molar-refractivity contribution in [3.05, 3.63) is 53.8 Å². The molecule has 0 atom stereocenters. The normalized spacial score (nSPS) is 10.8. The largest absolute Gasteiger partial charge is 0.494 e. The predicted molar refractivity (Wildman–Crippen MR) is 110 cm³/mol. The number of halogens is 2. The first kappa shape index (κ1) is 21.0. The first-order chi connectivity index (χ1) is 11.6. The highest BCUT2D eigenvalue weighted by Gasteiger charge is 2.07. The fraction of sp³-hybridized carbons (Fsp3) is 0.278. The molecule has 2 rings (SSSR count). The van der Waals surface area contributed by atoms with Crippen LogP contribution in [0.5, 0.6) is 11.5 Å². The van der Waals surface area contributed by atoms with E-state index in [1.165, 1.54) is 12.1 Å². The standard InChI is InChI=1S/C18H22FN3O2.HI/c1-3-23-15-9-10-17(24-4-2)16(11-15)22-18(20)21-12-13-5-7-14(19)8-6-13;/h5-11H,3-4,12H2,1-2H3,(H3,20,21,22);1H. The van der Waals surface area contributed by atoms with Crippen LogP contribution in [0.4, 0.5) is 10.1 Å². The van der Waals surface area contributed by atoms with E-state index in [0.29, 0.717) is 31.2 Å². The Kier molecular flexibility index (Phi) is 9.04. The van der Waals surface area contributed by atoms with Gasteiger partial charge in [0, 0.05) is 6.07 Å². The van der Waals surface area contributed by atoms with Crippen molar-refractivity contribution in [2.24, 2.45) is 10.7 Å². The summed E-state index contributed by atoms with van der Waals surface area (Å²) >= 11 is 0. The molecule has 0 aliphatic carbocycles. The number of guanidine groups is 1. The van der Waals surface area contributed by atoms with E-state index in [9.17, 15) is 4.39 Å². The van der Waals surface area contributed by atoms with Gasteiger partial charge in [-0.2, -0.15) is 0 Å². The Labute approximate surface area is 164 Å². The highest BCUT2D eigenvalue weighted by atomic mass is 127. The number of nitrogens with two attached hydrogens (primary N) is 1. The second-order valence-electron chi connectivity index (χ2n) is 4.98. The van der Waals surface area contributed by atoms with Gasteiger partial charge in [-0.1, -0.05) is 12.1 Å². The van der Waals surface area contributed by atoms with E-state index in [-0.39, 0.29) is 35.8 Å². The lowest BCUT2D eigenvalue weighted by Gasteiger charge is -2.14. The van der Waals surface area contributed by atoms with E-state index in [0.717, 1.165) is 11.3 Å². The van der Waals surface area contributed by atoms with Crippen LogP contribution in [-0.4, -0.2) is 19.2 Å². The highest BCUT2D eigenvalue weighted by Crippen LogP contribution is 2.29. The van der Waals surface area contributed by atoms with Crippen LogP contribution in [0, 0.1) is 5.82 Å². The number of benzene rings is 2. The summed E-state index contributed by atoms with van der Waals surface area (Å²) in [4.78, 5) is 4.26. The van der Waals surface area contributed by atoms with Crippen molar-refractivity contribution in [1.82, 2.24) is 0 Å². The molecule has 5 nitrogen and oxygen atoms in total. The summed E-state index contributed by atoms with van der Waals surface area (Å²) in [7, 11) is 0. The molecule has 0 saturated carbocycles. The predicted octanol–water partition coefficient (Wildman–Crippen LogP) is 4.17. The van der Waals surface area contributed by atoms with Gasteiger partial charge in [-0.3, -0.25) is 0 Å². The second-order valence-corrected chi connectivity index (χ2v) is 4.98. The Hall–Kier alpha value is -2.03. The van der Waals surface area contributed by atoms with E-state index < -0.39 is 0 Å². The maximum absolute atomic E-state index is 12.9. The minimum atomic E-state index is -0.275. The molecule has 0 saturated heterocycles. The van der Waals surface area contributed by atoms with E-state index in [2.05, 4.69) is 10.3 Å². The van der Waals surface area contributed by atoms with Gasteiger partial charge in [0.25, 0.3) is 0 Å². The SMILES string of the molecule is CCOc1ccc(OCC)c(NC(N)=NCc2ccc(F)cc2)c1.I. The van der Waals surface area contributed by atoms with Gasteiger partial charge in [0.2, 0.25) is 0 Å². The van der Waals surface area contributed by atoms with Gasteiger partial charge in [0.1, 0.15) is 17.3 Å². The number of hydrogen-bond donors (Lipinski definition) is 2. The summed E-state index contributed by atoms with van der Waals surface area (Å²) in [6.45, 7) is 5.29. The van der Waals surface area contributed by atoms with Crippen molar-refractivity contribution in [2.45, 2.75) is 20.4 Å². The van der Waals surface area contributed by atoms with Crippen molar-refractivity contribution in [1.29, 1.82) is 0 Å². The quantitative estimate of drug-likeness (QED) is 0.371. The van der Waals surface area contributed by atoms with Gasteiger partial charge < -0.3 is 20.5 Å². The van der Waals surface area contributed by atoms with E-state index in [1.54, 1.807) is 12.1 Å². The number of aliphatic imine (C=N–C) groups is 1. The molecule has 0 bridgehead atoms. The fourth-order valence-electron chi connectivity index (χ4n) is 2.09. The summed E-state index contributed by atoms with van der Waals surface area (Å²) in [5, 5.41) is 3.02. The van der Waals surface area contributed by atoms with Crippen molar-refractivity contribution in [3.8, 4) is 11.5 Å². The summed E-state index contributed by atoms with van der Waals surface area (Å²) < 4.78 is 24.0. The summed E-state index contributed by atoms with van der Waals surface area (Å²) in [5.41, 5.74) is 7.49. The Morgan fingerprint density at radius 1 is 1.08 bits per heavy atom. The molecule has 25 heavy (non-hydrogen) atoms. The highest BCUT2D eigenvalue weighted by molar-refractivity contribution is 14.0. The molecule has 0 aliphatic rings. The number of anilines is 1. The van der Waals surface area contributed by atoms with Gasteiger partial charge in [-0.05, 0) is 43.7 Å². The minimum Gasteiger partial charge on any atom is -0.494 e. The van der Waals surface area contributed by atoms with E-state index in [1.807, 2.05) is 32.0 Å². The minimum absolute atomic E-state index is 0. The lowest BCUT2D eigenvalue weighted by Crippen LogP contribution is -2.23. The topological polar surface area (TPSA) is 68.9 Å². The first-order valence-corrected chi connectivity index (χ1v) is 7.83. The molecule has 136 valence electrons. The zero-order chi connectivity index (χ0) is 17.4. The average Bonchev–Trinajstić information content (AvgIpc) is 2.57. The lowest BCUT2D eigenvalue weighted by atomic mass is 10.2. The van der Waals surface area contributed by atoms with Crippen molar-refractivity contribution >= 4 is 35.6 Å². The van der Waals surface area contributed by atoms with Crippen LogP contribution < -0.4 is 20.5 Å². The van der Waals surface area contributed by atoms with Gasteiger partial charge >= 0.3 is 0 Å². The summed E-state index contributed by atoms with van der Waals surface area (Å²) in [5.74, 6) is 1.35. The smallest absolute Gasteiger partial charge is 0.193 e. The summed E-state index contributed by atoms with van der Waals surface area (Å²) in [6.07, 6.45) is 0. The molecule has 0 radical (unpaired) electrons. The third kappa shape index (κ3) is 6.77. The molecule has 0 spiro atoms. The van der Waals surface area contributed by atoms with Gasteiger partial charge in [0.05, 0.1) is 25.4 Å². The molecular formula is C18H23FIN3O2. The van der Waals surface area contributed by atoms with E-state index in [4.69, 9.17) is 15.2 Å². The third-order valence-corrected chi connectivity index (χ3v) is 3.17. The Morgan fingerprint density at radius 2 is 1.76 bits per heavy atom. The van der Waals surface area contributed by atoms with Crippen LogP contribution in [0.1, 0.15) is 19.4 Å². The van der Waals surface area contributed by atoms with Gasteiger partial charge in [-0.25, -0.2) is 9.38 Å². The monoisotopic (exact) mass is 459 g/mol. The number of rotatable bonds is 7. The molecular weight excluding hydrogens is 436 g/mol. The number of nitrogens with one attached hydrogen (secondary N) is 1. The van der Waals surface area contributed by atoms with Crippen LogP contribution in [0.25, 0.3) is 0 Å². The molecule has 0 heterocycles. The van der Waals surface area contributed by atoms with Gasteiger partial charge in [0.15, 0.2) is 5.96 Å². The van der Waals surface area contributed by atoms with Crippen molar-refractivity contribution < 1.29 is 13.9 Å².